The Balaban J connectivity index is 1.47. The van der Waals surface area contributed by atoms with Gasteiger partial charge in [-0.05, 0) is 38.1 Å². The number of hydrogen-bond acceptors (Lipinski definition) is 2. The van der Waals surface area contributed by atoms with Gasteiger partial charge in [-0.25, -0.2) is 0 Å². The number of amides is 1. The van der Waals surface area contributed by atoms with Crippen molar-refractivity contribution < 1.29 is 4.79 Å². The fourth-order valence-electron chi connectivity index (χ4n) is 3.14. The standard InChI is InChI=1S/C14H26N2O/c17-14(11-13-8-4-9-15-13)16-10-3-7-12-5-1-2-6-12/h12-13,15H,1-11H2,(H,16,17). The summed E-state index contributed by atoms with van der Waals surface area (Å²) in [6.45, 7) is 1.96. The Morgan fingerprint density at radius 2 is 2.00 bits per heavy atom. The molecule has 2 rings (SSSR count). The first-order chi connectivity index (χ1) is 8.34. The second-order valence-corrected chi connectivity index (χ2v) is 5.64. The summed E-state index contributed by atoms with van der Waals surface area (Å²) in [5.41, 5.74) is 0. The average Bonchev–Trinajstić information content (AvgIpc) is 2.96. The summed E-state index contributed by atoms with van der Waals surface area (Å²) in [5.74, 6) is 1.18. The first kappa shape index (κ1) is 12.9. The zero-order valence-corrected chi connectivity index (χ0v) is 10.8. The van der Waals surface area contributed by atoms with Crippen molar-refractivity contribution in [2.45, 2.75) is 63.8 Å². The first-order valence-corrected chi connectivity index (χ1v) is 7.34. The van der Waals surface area contributed by atoms with E-state index >= 15 is 0 Å². The van der Waals surface area contributed by atoms with Gasteiger partial charge in [-0.15, -0.1) is 0 Å². The number of carbonyl (C=O) groups is 1. The van der Waals surface area contributed by atoms with Crippen LogP contribution >= 0.6 is 0 Å². The molecule has 2 fully saturated rings. The normalized spacial score (nSPS) is 25.3. The molecule has 98 valence electrons. The number of carbonyl (C=O) groups excluding carboxylic acids is 1. The summed E-state index contributed by atoms with van der Waals surface area (Å²) in [7, 11) is 0. The predicted molar refractivity (Wildman–Crippen MR) is 69.8 cm³/mol. The lowest BCUT2D eigenvalue weighted by Crippen LogP contribution is -2.32. The molecule has 0 aromatic rings. The second kappa shape index (κ2) is 7.00. The smallest absolute Gasteiger partial charge is 0.221 e. The molecule has 1 saturated heterocycles. The van der Waals surface area contributed by atoms with Crippen molar-refractivity contribution in [3.63, 3.8) is 0 Å². The van der Waals surface area contributed by atoms with E-state index in [0.29, 0.717) is 12.5 Å². The minimum atomic E-state index is 0.232. The lowest BCUT2D eigenvalue weighted by atomic mass is 10.0. The number of hydrogen-bond donors (Lipinski definition) is 2. The Bertz CT molecular complexity index is 230. The van der Waals surface area contributed by atoms with Gasteiger partial charge in [0, 0.05) is 19.0 Å². The molecule has 17 heavy (non-hydrogen) atoms. The molecule has 0 spiro atoms. The topological polar surface area (TPSA) is 41.1 Å². The van der Waals surface area contributed by atoms with Gasteiger partial charge in [-0.2, -0.15) is 0 Å². The molecule has 0 radical (unpaired) electrons. The Kier molecular flexibility index (Phi) is 5.30. The lowest BCUT2D eigenvalue weighted by molar-refractivity contribution is -0.121. The molecule has 0 aromatic heterocycles. The van der Waals surface area contributed by atoms with Crippen LogP contribution in [0.4, 0.5) is 0 Å². The highest BCUT2D eigenvalue weighted by atomic mass is 16.1. The van der Waals surface area contributed by atoms with E-state index in [0.717, 1.165) is 31.8 Å². The summed E-state index contributed by atoms with van der Waals surface area (Å²) in [6.07, 6.45) is 11.2. The zero-order chi connectivity index (χ0) is 11.9. The van der Waals surface area contributed by atoms with Crippen LogP contribution in [0.25, 0.3) is 0 Å². The summed E-state index contributed by atoms with van der Waals surface area (Å²) >= 11 is 0. The summed E-state index contributed by atoms with van der Waals surface area (Å²) in [6, 6.07) is 0.435. The van der Waals surface area contributed by atoms with Crippen LogP contribution in [0.3, 0.4) is 0 Å². The molecule has 0 aromatic carbocycles. The molecule has 2 aliphatic rings. The van der Waals surface area contributed by atoms with E-state index in [1.807, 2.05) is 0 Å². The third-order valence-electron chi connectivity index (χ3n) is 4.18. The van der Waals surface area contributed by atoms with Crippen molar-refractivity contribution in [2.24, 2.45) is 5.92 Å². The van der Waals surface area contributed by atoms with Gasteiger partial charge in [0.05, 0.1) is 0 Å². The Labute approximate surface area is 105 Å². The van der Waals surface area contributed by atoms with Gasteiger partial charge in [0.2, 0.25) is 5.91 Å². The maximum absolute atomic E-state index is 11.6. The zero-order valence-electron chi connectivity index (χ0n) is 10.8. The third kappa shape index (κ3) is 4.66. The van der Waals surface area contributed by atoms with E-state index in [4.69, 9.17) is 0 Å². The molecule has 0 bridgehead atoms. The molecule has 1 atom stereocenters. The van der Waals surface area contributed by atoms with Crippen molar-refractivity contribution in [1.29, 1.82) is 0 Å². The second-order valence-electron chi connectivity index (χ2n) is 5.64. The van der Waals surface area contributed by atoms with Gasteiger partial charge < -0.3 is 10.6 Å². The highest BCUT2D eigenvalue weighted by molar-refractivity contribution is 5.76. The van der Waals surface area contributed by atoms with Crippen LogP contribution in [0.2, 0.25) is 0 Å². The molecule has 1 unspecified atom stereocenters. The quantitative estimate of drug-likeness (QED) is 0.697. The average molecular weight is 238 g/mol. The monoisotopic (exact) mass is 238 g/mol. The Hall–Kier alpha value is -0.570. The highest BCUT2D eigenvalue weighted by Crippen LogP contribution is 2.28. The molecule has 3 heteroatoms. The van der Waals surface area contributed by atoms with Crippen molar-refractivity contribution in [3.05, 3.63) is 0 Å². The van der Waals surface area contributed by atoms with Gasteiger partial charge in [0.1, 0.15) is 0 Å². The summed E-state index contributed by atoms with van der Waals surface area (Å²) in [4.78, 5) is 11.6. The maximum Gasteiger partial charge on any atom is 0.221 e. The van der Waals surface area contributed by atoms with Gasteiger partial charge in [-0.3, -0.25) is 4.79 Å². The van der Waals surface area contributed by atoms with Crippen LogP contribution in [0.15, 0.2) is 0 Å². The lowest BCUT2D eigenvalue weighted by Gasteiger charge is -2.11. The van der Waals surface area contributed by atoms with Crippen molar-refractivity contribution >= 4 is 5.91 Å². The van der Waals surface area contributed by atoms with Crippen LogP contribution in [0, 0.1) is 5.92 Å². The van der Waals surface area contributed by atoms with Crippen LogP contribution in [-0.4, -0.2) is 25.0 Å². The van der Waals surface area contributed by atoms with Gasteiger partial charge in [-0.1, -0.05) is 25.7 Å². The van der Waals surface area contributed by atoms with Crippen molar-refractivity contribution in [2.75, 3.05) is 13.1 Å². The summed E-state index contributed by atoms with van der Waals surface area (Å²) in [5, 5.41) is 6.42. The van der Waals surface area contributed by atoms with E-state index in [-0.39, 0.29) is 5.91 Å². The predicted octanol–water partition coefficient (Wildman–Crippen LogP) is 2.22. The van der Waals surface area contributed by atoms with Gasteiger partial charge in [0.25, 0.3) is 0 Å². The van der Waals surface area contributed by atoms with E-state index in [1.54, 1.807) is 0 Å². The van der Waals surface area contributed by atoms with Gasteiger partial charge in [0.15, 0.2) is 0 Å². The fraction of sp³-hybridized carbons (Fsp3) is 0.929. The van der Waals surface area contributed by atoms with E-state index in [1.165, 1.54) is 38.5 Å². The highest BCUT2D eigenvalue weighted by Gasteiger charge is 2.17. The number of nitrogens with one attached hydrogen (secondary N) is 2. The molecular formula is C14H26N2O. The van der Waals surface area contributed by atoms with Crippen molar-refractivity contribution in [1.82, 2.24) is 10.6 Å². The molecule has 1 aliphatic carbocycles. The van der Waals surface area contributed by atoms with Crippen LogP contribution in [0.5, 0.6) is 0 Å². The van der Waals surface area contributed by atoms with E-state index < -0.39 is 0 Å². The van der Waals surface area contributed by atoms with E-state index in [2.05, 4.69) is 10.6 Å². The van der Waals surface area contributed by atoms with Crippen LogP contribution in [-0.2, 0) is 4.79 Å². The van der Waals surface area contributed by atoms with Crippen LogP contribution < -0.4 is 10.6 Å². The number of rotatable bonds is 6. The fourth-order valence-corrected chi connectivity index (χ4v) is 3.14. The molecule has 1 saturated carbocycles. The van der Waals surface area contributed by atoms with Crippen LogP contribution in [0.1, 0.15) is 57.8 Å². The van der Waals surface area contributed by atoms with E-state index in [9.17, 15) is 4.79 Å². The van der Waals surface area contributed by atoms with Gasteiger partial charge >= 0.3 is 0 Å². The molecule has 3 nitrogen and oxygen atoms in total. The largest absolute Gasteiger partial charge is 0.356 e. The SMILES string of the molecule is O=C(CC1CCCN1)NCCCC1CCCC1. The summed E-state index contributed by atoms with van der Waals surface area (Å²) < 4.78 is 0. The Morgan fingerprint density at radius 1 is 1.18 bits per heavy atom. The molecule has 1 amide bonds. The first-order valence-electron chi connectivity index (χ1n) is 7.34. The van der Waals surface area contributed by atoms with Crippen molar-refractivity contribution in [3.8, 4) is 0 Å². The Morgan fingerprint density at radius 3 is 2.71 bits per heavy atom. The minimum absolute atomic E-state index is 0.232. The molecular weight excluding hydrogens is 212 g/mol. The minimum Gasteiger partial charge on any atom is -0.356 e. The maximum atomic E-state index is 11.6. The molecule has 2 N–H and O–H groups in total. The molecule has 1 heterocycles. The third-order valence-corrected chi connectivity index (χ3v) is 4.18. The molecule has 1 aliphatic heterocycles.